The Morgan fingerprint density at radius 3 is 2.58 bits per heavy atom. The molecule has 0 bridgehead atoms. The van der Waals surface area contributed by atoms with Gasteiger partial charge in [-0.05, 0) is 35.9 Å². The lowest BCUT2D eigenvalue weighted by atomic mass is 9.97. The van der Waals surface area contributed by atoms with E-state index in [-0.39, 0.29) is 24.0 Å². The Labute approximate surface area is 150 Å². The second-order valence-corrected chi connectivity index (χ2v) is 6.38. The van der Waals surface area contributed by atoms with E-state index in [1.165, 1.54) is 17.0 Å². The van der Waals surface area contributed by atoms with Crippen LogP contribution in [0.3, 0.4) is 0 Å². The highest BCUT2D eigenvalue weighted by atomic mass is 16.3. The molecule has 1 aliphatic rings. The van der Waals surface area contributed by atoms with E-state index < -0.39 is 5.92 Å². The quantitative estimate of drug-likeness (QED) is 0.580. The van der Waals surface area contributed by atoms with Gasteiger partial charge in [0.25, 0.3) is 0 Å². The van der Waals surface area contributed by atoms with Crippen molar-refractivity contribution in [2.75, 3.05) is 4.90 Å². The molecule has 5 nitrogen and oxygen atoms in total. The number of imide groups is 1. The number of hydrogen-bond donors (Lipinski definition) is 1. The Morgan fingerprint density at radius 2 is 1.85 bits per heavy atom. The van der Waals surface area contributed by atoms with Crippen molar-refractivity contribution in [1.82, 2.24) is 4.57 Å². The number of phenolic OH excluding ortho intramolecular Hbond substituents is 1. The van der Waals surface area contributed by atoms with Gasteiger partial charge in [0.2, 0.25) is 11.8 Å². The third-order valence-corrected chi connectivity index (χ3v) is 4.78. The summed E-state index contributed by atoms with van der Waals surface area (Å²) in [5.74, 6) is -0.877. The zero-order chi connectivity index (χ0) is 18.3. The molecule has 2 amide bonds. The average Bonchev–Trinajstić information content (AvgIpc) is 3.14. The Kier molecular flexibility index (Phi) is 3.84. The Bertz CT molecular complexity index is 1020. The van der Waals surface area contributed by atoms with Crippen molar-refractivity contribution in [3.8, 4) is 5.75 Å². The molecule has 1 fully saturated rings. The highest BCUT2D eigenvalue weighted by Crippen LogP contribution is 2.37. The van der Waals surface area contributed by atoms with E-state index in [1.54, 1.807) is 18.2 Å². The van der Waals surface area contributed by atoms with Gasteiger partial charge in [0.1, 0.15) is 5.75 Å². The molecule has 1 aliphatic heterocycles. The summed E-state index contributed by atoms with van der Waals surface area (Å²) in [5, 5.41) is 10.4. The largest absolute Gasteiger partial charge is 0.508 e. The van der Waals surface area contributed by atoms with Gasteiger partial charge in [0.05, 0.1) is 11.6 Å². The molecule has 4 rings (SSSR count). The molecule has 1 N–H and O–H groups in total. The van der Waals surface area contributed by atoms with Gasteiger partial charge in [-0.3, -0.25) is 14.5 Å². The van der Waals surface area contributed by atoms with E-state index in [9.17, 15) is 14.7 Å². The van der Waals surface area contributed by atoms with Crippen LogP contribution in [0.5, 0.6) is 5.75 Å². The number of anilines is 1. The monoisotopic (exact) mass is 346 g/mol. The van der Waals surface area contributed by atoms with Crippen LogP contribution in [0, 0.1) is 0 Å². The molecule has 130 valence electrons. The molecular formula is C21H18N2O3. The summed E-state index contributed by atoms with van der Waals surface area (Å²) in [6.07, 6.45) is 3.89. The van der Waals surface area contributed by atoms with Crippen LogP contribution in [0.2, 0.25) is 0 Å². The van der Waals surface area contributed by atoms with Crippen molar-refractivity contribution in [2.45, 2.75) is 18.9 Å². The molecule has 3 aromatic rings. The number of aromatic nitrogens is 1. The maximum Gasteiger partial charge on any atom is 0.241 e. The zero-order valence-corrected chi connectivity index (χ0v) is 14.1. The summed E-state index contributed by atoms with van der Waals surface area (Å²) < 4.78 is 2.04. The number of amides is 2. The lowest BCUT2D eigenvalue weighted by Gasteiger charge is -2.15. The van der Waals surface area contributed by atoms with E-state index >= 15 is 0 Å². The van der Waals surface area contributed by atoms with Crippen molar-refractivity contribution in [1.29, 1.82) is 0 Å². The predicted octanol–water partition coefficient (Wildman–Crippen LogP) is 3.58. The van der Waals surface area contributed by atoms with E-state index in [0.717, 1.165) is 16.5 Å². The molecule has 2 heterocycles. The topological polar surface area (TPSA) is 62.5 Å². The molecule has 1 atom stereocenters. The number of carbonyl (C=O) groups is 2. The van der Waals surface area contributed by atoms with Gasteiger partial charge in [0.15, 0.2) is 0 Å². The molecule has 26 heavy (non-hydrogen) atoms. The molecule has 0 aliphatic carbocycles. The maximum absolute atomic E-state index is 13.0. The maximum atomic E-state index is 13.0. The summed E-state index contributed by atoms with van der Waals surface area (Å²) in [6.45, 7) is 4.42. The second-order valence-electron chi connectivity index (χ2n) is 6.38. The molecule has 1 saturated heterocycles. The molecule has 5 heteroatoms. The van der Waals surface area contributed by atoms with E-state index in [0.29, 0.717) is 12.2 Å². The highest BCUT2D eigenvalue weighted by molar-refractivity contribution is 6.23. The number of hydrogen-bond acceptors (Lipinski definition) is 3. The fraction of sp³-hybridized carbons (Fsp3) is 0.143. The first-order valence-electron chi connectivity index (χ1n) is 8.44. The van der Waals surface area contributed by atoms with Gasteiger partial charge in [0, 0.05) is 30.1 Å². The minimum atomic E-state index is -0.507. The first kappa shape index (κ1) is 16.1. The van der Waals surface area contributed by atoms with Crippen molar-refractivity contribution >= 4 is 28.4 Å². The number of carbonyl (C=O) groups excluding carboxylic acids is 2. The van der Waals surface area contributed by atoms with E-state index in [4.69, 9.17) is 0 Å². The van der Waals surface area contributed by atoms with Gasteiger partial charge in [-0.15, -0.1) is 6.58 Å². The molecule has 0 spiro atoms. The van der Waals surface area contributed by atoms with Crippen LogP contribution in [-0.4, -0.2) is 21.5 Å². The molecular weight excluding hydrogens is 328 g/mol. The normalized spacial score (nSPS) is 17.2. The number of benzene rings is 2. The second kappa shape index (κ2) is 6.19. The number of fused-ring (bicyclic) bond motifs is 1. The molecule has 0 saturated carbocycles. The van der Waals surface area contributed by atoms with Crippen LogP contribution in [0.4, 0.5) is 5.69 Å². The SMILES string of the molecule is C=CCn1cc([C@H]2CC(=O)N(c3ccc(O)cc3)C2=O)c2ccccc21. The van der Waals surface area contributed by atoms with Crippen molar-refractivity contribution < 1.29 is 14.7 Å². The number of phenols is 1. The zero-order valence-electron chi connectivity index (χ0n) is 14.1. The van der Waals surface area contributed by atoms with Crippen LogP contribution in [-0.2, 0) is 16.1 Å². The lowest BCUT2D eigenvalue weighted by Crippen LogP contribution is -2.29. The first-order chi connectivity index (χ1) is 12.6. The Hall–Kier alpha value is -3.34. The molecule has 2 aromatic carbocycles. The summed E-state index contributed by atoms with van der Waals surface area (Å²) in [4.78, 5) is 26.8. The highest BCUT2D eigenvalue weighted by Gasteiger charge is 2.41. The first-order valence-corrected chi connectivity index (χ1v) is 8.44. The Balaban J connectivity index is 1.76. The van der Waals surface area contributed by atoms with Crippen LogP contribution in [0.1, 0.15) is 17.9 Å². The number of rotatable bonds is 4. The average molecular weight is 346 g/mol. The summed E-state index contributed by atoms with van der Waals surface area (Å²) in [7, 11) is 0. The lowest BCUT2D eigenvalue weighted by molar-refractivity contribution is -0.121. The van der Waals surface area contributed by atoms with Crippen LogP contribution < -0.4 is 4.90 Å². The van der Waals surface area contributed by atoms with Crippen LogP contribution in [0.25, 0.3) is 10.9 Å². The summed E-state index contributed by atoms with van der Waals surface area (Å²) >= 11 is 0. The van der Waals surface area contributed by atoms with Crippen molar-refractivity contribution in [3.63, 3.8) is 0 Å². The molecule has 0 radical (unpaired) electrons. The van der Waals surface area contributed by atoms with Gasteiger partial charge < -0.3 is 9.67 Å². The number of aromatic hydroxyl groups is 1. The van der Waals surface area contributed by atoms with Crippen LogP contribution in [0.15, 0.2) is 67.4 Å². The fourth-order valence-electron chi connectivity index (χ4n) is 3.59. The van der Waals surface area contributed by atoms with Gasteiger partial charge in [-0.25, -0.2) is 0 Å². The van der Waals surface area contributed by atoms with E-state index in [2.05, 4.69) is 6.58 Å². The summed E-state index contributed by atoms with van der Waals surface area (Å²) in [6, 6.07) is 14.0. The minimum absolute atomic E-state index is 0.0943. The Morgan fingerprint density at radius 1 is 1.12 bits per heavy atom. The standard InChI is InChI=1S/C21H18N2O3/c1-2-11-22-13-18(16-5-3-4-6-19(16)22)17-12-20(25)23(21(17)26)14-7-9-15(24)10-8-14/h2-10,13,17,24H,1,11-12H2/t17-/m1/s1. The number of para-hydroxylation sites is 1. The molecule has 1 aromatic heterocycles. The molecule has 0 unspecified atom stereocenters. The predicted molar refractivity (Wildman–Crippen MR) is 100 cm³/mol. The van der Waals surface area contributed by atoms with E-state index in [1.807, 2.05) is 35.0 Å². The van der Waals surface area contributed by atoms with Crippen LogP contribution >= 0.6 is 0 Å². The summed E-state index contributed by atoms with van der Waals surface area (Å²) in [5.41, 5.74) is 2.36. The number of allylic oxidation sites excluding steroid dienone is 1. The van der Waals surface area contributed by atoms with Gasteiger partial charge >= 0.3 is 0 Å². The third kappa shape index (κ3) is 2.49. The smallest absolute Gasteiger partial charge is 0.241 e. The van der Waals surface area contributed by atoms with Crippen molar-refractivity contribution in [2.24, 2.45) is 0 Å². The van der Waals surface area contributed by atoms with Crippen molar-refractivity contribution in [3.05, 3.63) is 72.9 Å². The van der Waals surface area contributed by atoms with Gasteiger partial charge in [-0.1, -0.05) is 24.3 Å². The minimum Gasteiger partial charge on any atom is -0.508 e. The fourth-order valence-corrected chi connectivity index (χ4v) is 3.59. The van der Waals surface area contributed by atoms with Gasteiger partial charge in [-0.2, -0.15) is 0 Å². The number of nitrogens with zero attached hydrogens (tertiary/aromatic N) is 2. The third-order valence-electron chi connectivity index (χ3n) is 4.78.